The number of hydrazone groups is 1. The topological polar surface area (TPSA) is 77.7 Å². The minimum absolute atomic E-state index is 0.00924. The lowest BCUT2D eigenvalue weighted by atomic mass is 10.2. The number of nitrogens with one attached hydrogen (secondary N) is 1. The van der Waals surface area contributed by atoms with Crippen molar-refractivity contribution in [2.45, 2.75) is 20.0 Å². The Morgan fingerprint density at radius 3 is 2.68 bits per heavy atom. The average molecular weight is 378 g/mol. The van der Waals surface area contributed by atoms with Gasteiger partial charge in [0.1, 0.15) is 0 Å². The van der Waals surface area contributed by atoms with Crippen LogP contribution in [-0.4, -0.2) is 35.1 Å². The molecule has 144 valence electrons. The first-order valence-corrected chi connectivity index (χ1v) is 8.85. The van der Waals surface area contributed by atoms with Crippen LogP contribution < -0.4 is 14.9 Å². The fourth-order valence-electron chi connectivity index (χ4n) is 2.52. The Hall–Kier alpha value is -3.61. The van der Waals surface area contributed by atoms with E-state index >= 15 is 0 Å². The highest BCUT2D eigenvalue weighted by Crippen LogP contribution is 2.28. The highest BCUT2D eigenvalue weighted by atomic mass is 16.5. The number of aromatic nitrogens is 2. The Balaban J connectivity index is 1.65. The van der Waals surface area contributed by atoms with Gasteiger partial charge in [0.2, 0.25) is 0 Å². The Morgan fingerprint density at radius 2 is 1.96 bits per heavy atom. The van der Waals surface area contributed by atoms with Crippen molar-refractivity contribution in [3.05, 3.63) is 72.1 Å². The van der Waals surface area contributed by atoms with Gasteiger partial charge in [0.15, 0.2) is 11.5 Å². The number of hydrogen-bond acceptors (Lipinski definition) is 5. The number of amides is 1. The molecule has 1 heterocycles. The minimum atomic E-state index is -0.346. The van der Waals surface area contributed by atoms with E-state index in [0.29, 0.717) is 17.1 Å². The van der Waals surface area contributed by atoms with Crippen LogP contribution in [0.15, 0.2) is 66.0 Å². The Labute approximate surface area is 163 Å². The van der Waals surface area contributed by atoms with Gasteiger partial charge in [0.25, 0.3) is 5.91 Å². The SMILES string of the molecule is COc1cc(C(=O)N/N=C\c2cnn(-c3ccccc3)c2)ccc1OC(C)C. The largest absolute Gasteiger partial charge is 0.493 e. The first-order chi connectivity index (χ1) is 13.6. The fraction of sp³-hybridized carbons (Fsp3) is 0.190. The number of carbonyl (C=O) groups is 1. The van der Waals surface area contributed by atoms with Crippen molar-refractivity contribution in [2.24, 2.45) is 5.10 Å². The molecule has 0 aliphatic rings. The van der Waals surface area contributed by atoms with Gasteiger partial charge in [-0.25, -0.2) is 10.1 Å². The number of methoxy groups -OCH3 is 1. The number of carbonyl (C=O) groups excluding carboxylic acids is 1. The molecule has 1 amide bonds. The number of rotatable bonds is 7. The van der Waals surface area contributed by atoms with Crippen LogP contribution in [0.4, 0.5) is 0 Å². The maximum absolute atomic E-state index is 12.3. The van der Waals surface area contributed by atoms with Gasteiger partial charge in [-0.15, -0.1) is 0 Å². The van der Waals surface area contributed by atoms with Crippen molar-refractivity contribution in [1.29, 1.82) is 0 Å². The van der Waals surface area contributed by atoms with Crippen LogP contribution in [0, 0.1) is 0 Å². The molecule has 0 spiro atoms. The van der Waals surface area contributed by atoms with Crippen LogP contribution in [0.5, 0.6) is 11.5 Å². The molecule has 28 heavy (non-hydrogen) atoms. The molecule has 1 aromatic heterocycles. The van der Waals surface area contributed by atoms with Gasteiger partial charge < -0.3 is 9.47 Å². The van der Waals surface area contributed by atoms with Gasteiger partial charge in [-0.3, -0.25) is 4.79 Å². The Kier molecular flexibility index (Phi) is 6.06. The molecule has 0 saturated heterocycles. The highest BCUT2D eigenvalue weighted by molar-refractivity contribution is 5.95. The molecule has 0 radical (unpaired) electrons. The summed E-state index contributed by atoms with van der Waals surface area (Å²) in [4.78, 5) is 12.3. The third kappa shape index (κ3) is 4.76. The number of nitrogens with zero attached hydrogens (tertiary/aromatic N) is 3. The lowest BCUT2D eigenvalue weighted by Crippen LogP contribution is -2.17. The molecular weight excluding hydrogens is 356 g/mol. The zero-order valence-electron chi connectivity index (χ0n) is 16.0. The standard InChI is InChI=1S/C21H22N4O3/c1-15(2)28-19-10-9-17(11-20(19)27-3)21(26)24-22-12-16-13-23-25(14-16)18-7-5-4-6-8-18/h4-15H,1-3H3,(H,24,26)/b22-12-. The van der Waals surface area contributed by atoms with E-state index in [2.05, 4.69) is 15.6 Å². The summed E-state index contributed by atoms with van der Waals surface area (Å²) in [5, 5.41) is 8.28. The molecule has 3 rings (SSSR count). The summed E-state index contributed by atoms with van der Waals surface area (Å²) in [5.41, 5.74) is 4.64. The summed E-state index contributed by atoms with van der Waals surface area (Å²) in [7, 11) is 1.53. The summed E-state index contributed by atoms with van der Waals surface area (Å²) < 4.78 is 12.7. The second kappa shape index (κ2) is 8.85. The van der Waals surface area contributed by atoms with Crippen LogP contribution in [0.2, 0.25) is 0 Å². The summed E-state index contributed by atoms with van der Waals surface area (Å²) in [6, 6.07) is 14.7. The maximum Gasteiger partial charge on any atom is 0.271 e. The van der Waals surface area contributed by atoms with Crippen LogP contribution in [0.1, 0.15) is 29.8 Å². The summed E-state index contributed by atoms with van der Waals surface area (Å²) in [6.45, 7) is 3.85. The summed E-state index contributed by atoms with van der Waals surface area (Å²) >= 11 is 0. The molecule has 0 atom stereocenters. The molecule has 0 saturated carbocycles. The van der Waals surface area contributed by atoms with Crippen molar-refractivity contribution < 1.29 is 14.3 Å². The molecule has 0 fully saturated rings. The first kappa shape index (κ1) is 19.2. The summed E-state index contributed by atoms with van der Waals surface area (Å²) in [6.07, 6.45) is 5.04. The summed E-state index contributed by atoms with van der Waals surface area (Å²) in [5.74, 6) is 0.737. The van der Waals surface area contributed by atoms with E-state index in [4.69, 9.17) is 9.47 Å². The average Bonchev–Trinajstić information content (AvgIpc) is 3.17. The quantitative estimate of drug-likeness (QED) is 0.505. The van der Waals surface area contributed by atoms with Gasteiger partial charge in [-0.2, -0.15) is 10.2 Å². The predicted molar refractivity (Wildman–Crippen MR) is 107 cm³/mol. The molecule has 7 heteroatoms. The smallest absolute Gasteiger partial charge is 0.271 e. The first-order valence-electron chi connectivity index (χ1n) is 8.85. The molecule has 0 unspecified atom stereocenters. The van der Waals surface area contributed by atoms with Crippen molar-refractivity contribution >= 4 is 12.1 Å². The monoisotopic (exact) mass is 378 g/mol. The van der Waals surface area contributed by atoms with Crippen LogP contribution in [0.25, 0.3) is 5.69 Å². The number of hydrogen-bond donors (Lipinski definition) is 1. The van der Waals surface area contributed by atoms with E-state index in [1.807, 2.05) is 50.4 Å². The second-order valence-corrected chi connectivity index (χ2v) is 6.29. The lowest BCUT2D eigenvalue weighted by Gasteiger charge is -2.14. The molecule has 0 aliphatic carbocycles. The zero-order chi connectivity index (χ0) is 19.9. The minimum Gasteiger partial charge on any atom is -0.493 e. The molecule has 7 nitrogen and oxygen atoms in total. The zero-order valence-corrected chi connectivity index (χ0v) is 16.0. The number of ether oxygens (including phenoxy) is 2. The van der Waals surface area contributed by atoms with Gasteiger partial charge >= 0.3 is 0 Å². The van der Waals surface area contributed by atoms with Crippen LogP contribution >= 0.6 is 0 Å². The van der Waals surface area contributed by atoms with Gasteiger partial charge in [0.05, 0.1) is 31.3 Å². The third-order valence-electron chi connectivity index (χ3n) is 3.79. The van der Waals surface area contributed by atoms with E-state index < -0.39 is 0 Å². The molecule has 1 N–H and O–H groups in total. The van der Waals surface area contributed by atoms with Crippen LogP contribution in [-0.2, 0) is 0 Å². The molecule has 0 bridgehead atoms. The molecular formula is C21H22N4O3. The molecule has 2 aromatic carbocycles. The second-order valence-electron chi connectivity index (χ2n) is 6.29. The van der Waals surface area contributed by atoms with E-state index in [1.165, 1.54) is 13.3 Å². The van der Waals surface area contributed by atoms with Crippen molar-refractivity contribution in [2.75, 3.05) is 7.11 Å². The Bertz CT molecular complexity index is 965. The van der Waals surface area contributed by atoms with Crippen molar-refractivity contribution in [3.63, 3.8) is 0 Å². The number of para-hydroxylation sites is 1. The third-order valence-corrected chi connectivity index (χ3v) is 3.79. The van der Waals surface area contributed by atoms with Gasteiger partial charge in [0, 0.05) is 17.3 Å². The van der Waals surface area contributed by atoms with Gasteiger partial charge in [-0.1, -0.05) is 18.2 Å². The van der Waals surface area contributed by atoms with Gasteiger partial charge in [-0.05, 0) is 44.2 Å². The molecule has 0 aliphatic heterocycles. The normalized spacial score (nSPS) is 11.0. The van der Waals surface area contributed by atoms with E-state index in [1.54, 1.807) is 29.1 Å². The fourth-order valence-corrected chi connectivity index (χ4v) is 2.52. The van der Waals surface area contributed by atoms with E-state index in [0.717, 1.165) is 11.3 Å². The van der Waals surface area contributed by atoms with Crippen molar-refractivity contribution in [1.82, 2.24) is 15.2 Å². The highest BCUT2D eigenvalue weighted by Gasteiger charge is 2.11. The maximum atomic E-state index is 12.3. The predicted octanol–water partition coefficient (Wildman–Crippen LogP) is 3.43. The van der Waals surface area contributed by atoms with E-state index in [9.17, 15) is 4.79 Å². The van der Waals surface area contributed by atoms with Crippen LogP contribution in [0.3, 0.4) is 0 Å². The van der Waals surface area contributed by atoms with Crippen molar-refractivity contribution in [3.8, 4) is 17.2 Å². The Morgan fingerprint density at radius 1 is 1.18 bits per heavy atom. The molecule has 3 aromatic rings. The van der Waals surface area contributed by atoms with E-state index in [-0.39, 0.29) is 12.0 Å². The number of benzene rings is 2. The lowest BCUT2D eigenvalue weighted by molar-refractivity contribution is 0.0954.